The fourth-order valence-corrected chi connectivity index (χ4v) is 2.77. The molecule has 2 N–H and O–H groups in total. The van der Waals surface area contributed by atoms with E-state index in [1.54, 1.807) is 0 Å². The third kappa shape index (κ3) is 1.28. The molecular formula is C13H16N2O. The van der Waals surface area contributed by atoms with Gasteiger partial charge in [0.2, 0.25) is 5.91 Å². The Morgan fingerprint density at radius 1 is 1.38 bits per heavy atom. The average Bonchev–Trinajstić information content (AvgIpc) is 2.58. The number of amides is 1. The van der Waals surface area contributed by atoms with E-state index in [4.69, 9.17) is 5.73 Å². The van der Waals surface area contributed by atoms with Crippen molar-refractivity contribution in [2.24, 2.45) is 5.73 Å². The summed E-state index contributed by atoms with van der Waals surface area (Å²) in [5, 5.41) is 0. The van der Waals surface area contributed by atoms with E-state index in [9.17, 15) is 4.79 Å². The van der Waals surface area contributed by atoms with Crippen molar-refractivity contribution in [3.8, 4) is 0 Å². The Morgan fingerprint density at radius 3 is 2.88 bits per heavy atom. The molecule has 3 nitrogen and oxygen atoms in total. The second-order valence-electron chi connectivity index (χ2n) is 4.80. The molecule has 0 saturated heterocycles. The summed E-state index contributed by atoms with van der Waals surface area (Å²) < 4.78 is 0. The predicted molar refractivity (Wildman–Crippen MR) is 63.4 cm³/mol. The van der Waals surface area contributed by atoms with Gasteiger partial charge in [0.1, 0.15) is 0 Å². The maximum absolute atomic E-state index is 11.8. The van der Waals surface area contributed by atoms with Crippen LogP contribution >= 0.6 is 0 Å². The van der Waals surface area contributed by atoms with Gasteiger partial charge in [0, 0.05) is 12.6 Å². The summed E-state index contributed by atoms with van der Waals surface area (Å²) in [6.07, 6.45) is 2.70. The molecule has 1 unspecified atom stereocenters. The van der Waals surface area contributed by atoms with Crippen LogP contribution in [0, 0.1) is 0 Å². The van der Waals surface area contributed by atoms with Crippen LogP contribution in [-0.4, -0.2) is 12.5 Å². The maximum atomic E-state index is 11.8. The highest BCUT2D eigenvalue weighted by molar-refractivity contribution is 6.02. The number of carbonyl (C=O) groups excluding carboxylic acids is 1. The molecule has 0 fully saturated rings. The summed E-state index contributed by atoms with van der Waals surface area (Å²) >= 11 is 0. The molecule has 2 aliphatic rings. The van der Waals surface area contributed by atoms with E-state index in [0.717, 1.165) is 24.9 Å². The first-order valence-corrected chi connectivity index (χ1v) is 5.88. The maximum Gasteiger partial charge on any atom is 0.231 e. The number of anilines is 1. The van der Waals surface area contributed by atoms with Gasteiger partial charge in [0.05, 0.1) is 12.1 Å². The van der Waals surface area contributed by atoms with Gasteiger partial charge in [-0.2, -0.15) is 0 Å². The third-order valence-corrected chi connectivity index (χ3v) is 3.56. The molecule has 2 heterocycles. The molecule has 3 rings (SSSR count). The van der Waals surface area contributed by atoms with E-state index in [1.807, 2.05) is 11.8 Å². The van der Waals surface area contributed by atoms with E-state index in [2.05, 4.69) is 12.1 Å². The van der Waals surface area contributed by atoms with Crippen molar-refractivity contribution >= 4 is 11.6 Å². The number of aryl methyl sites for hydroxylation is 1. The topological polar surface area (TPSA) is 46.3 Å². The third-order valence-electron chi connectivity index (χ3n) is 3.56. The molecule has 0 radical (unpaired) electrons. The largest absolute Gasteiger partial charge is 0.324 e. The van der Waals surface area contributed by atoms with Gasteiger partial charge in [-0.05, 0) is 36.5 Å². The molecule has 84 valence electrons. The normalized spacial score (nSPS) is 19.9. The highest BCUT2D eigenvalue weighted by Gasteiger charge is 2.32. The lowest BCUT2D eigenvalue weighted by Gasteiger charge is -2.26. The fraction of sp³-hybridized carbons (Fsp3) is 0.462. The first kappa shape index (κ1) is 9.85. The Labute approximate surface area is 95.2 Å². The molecule has 16 heavy (non-hydrogen) atoms. The summed E-state index contributed by atoms with van der Waals surface area (Å²) in [5.74, 6) is 0.248. The zero-order valence-electron chi connectivity index (χ0n) is 9.49. The number of hydrogen-bond donors (Lipinski definition) is 1. The molecule has 1 aromatic carbocycles. The smallest absolute Gasteiger partial charge is 0.231 e. The van der Waals surface area contributed by atoms with Crippen molar-refractivity contribution in [1.82, 2.24) is 0 Å². The minimum atomic E-state index is 0.0487. The van der Waals surface area contributed by atoms with Crippen LogP contribution in [0.1, 0.15) is 36.1 Å². The Balaban J connectivity index is 2.18. The lowest BCUT2D eigenvalue weighted by molar-refractivity contribution is -0.117. The summed E-state index contributed by atoms with van der Waals surface area (Å²) in [6.45, 7) is 2.88. The van der Waals surface area contributed by atoms with Crippen molar-refractivity contribution in [2.75, 3.05) is 11.4 Å². The van der Waals surface area contributed by atoms with Crippen LogP contribution in [0.4, 0.5) is 5.69 Å². The minimum absolute atomic E-state index is 0.0487. The Morgan fingerprint density at radius 2 is 2.12 bits per heavy atom. The van der Waals surface area contributed by atoms with Crippen molar-refractivity contribution in [2.45, 2.75) is 32.2 Å². The number of benzene rings is 1. The van der Waals surface area contributed by atoms with E-state index in [0.29, 0.717) is 6.42 Å². The molecule has 1 aromatic rings. The second-order valence-corrected chi connectivity index (χ2v) is 4.80. The number of hydrogen-bond acceptors (Lipinski definition) is 2. The van der Waals surface area contributed by atoms with Crippen LogP contribution in [0.15, 0.2) is 12.1 Å². The van der Waals surface area contributed by atoms with E-state index in [1.165, 1.54) is 16.8 Å². The lowest BCUT2D eigenvalue weighted by Crippen LogP contribution is -2.31. The number of nitrogens with two attached hydrogens (primary N) is 1. The van der Waals surface area contributed by atoms with Crippen LogP contribution in [-0.2, 0) is 17.6 Å². The highest BCUT2D eigenvalue weighted by atomic mass is 16.2. The molecule has 0 bridgehead atoms. The van der Waals surface area contributed by atoms with Gasteiger partial charge in [0.25, 0.3) is 0 Å². The molecule has 2 aliphatic heterocycles. The van der Waals surface area contributed by atoms with Crippen LogP contribution < -0.4 is 10.6 Å². The van der Waals surface area contributed by atoms with Gasteiger partial charge in [-0.1, -0.05) is 12.1 Å². The summed E-state index contributed by atoms with van der Waals surface area (Å²) in [5.41, 5.74) is 10.7. The Bertz CT molecular complexity index is 465. The van der Waals surface area contributed by atoms with E-state index < -0.39 is 0 Å². The van der Waals surface area contributed by atoms with Crippen LogP contribution in [0.5, 0.6) is 0 Å². The van der Waals surface area contributed by atoms with Gasteiger partial charge in [-0.15, -0.1) is 0 Å². The Hall–Kier alpha value is -1.35. The van der Waals surface area contributed by atoms with Crippen molar-refractivity contribution in [3.05, 3.63) is 28.8 Å². The first-order chi connectivity index (χ1) is 7.66. The SMILES string of the molecule is CC(N)c1cc2c3c(c1)CC(=O)N3CCC2. The van der Waals surface area contributed by atoms with Crippen LogP contribution in [0.25, 0.3) is 0 Å². The Kier molecular flexibility index (Phi) is 2.04. The standard InChI is InChI=1S/C13H16N2O/c1-8(14)10-5-9-3-2-4-15-12(16)7-11(6-10)13(9)15/h5-6,8H,2-4,7,14H2,1H3. The van der Waals surface area contributed by atoms with Crippen molar-refractivity contribution < 1.29 is 4.79 Å². The highest BCUT2D eigenvalue weighted by Crippen LogP contribution is 2.38. The van der Waals surface area contributed by atoms with Crippen LogP contribution in [0.3, 0.4) is 0 Å². The van der Waals surface area contributed by atoms with Crippen LogP contribution in [0.2, 0.25) is 0 Å². The summed E-state index contributed by atoms with van der Waals surface area (Å²) in [4.78, 5) is 13.8. The first-order valence-electron chi connectivity index (χ1n) is 5.88. The molecular weight excluding hydrogens is 200 g/mol. The van der Waals surface area contributed by atoms with E-state index in [-0.39, 0.29) is 11.9 Å². The van der Waals surface area contributed by atoms with E-state index >= 15 is 0 Å². The van der Waals surface area contributed by atoms with Crippen molar-refractivity contribution in [1.29, 1.82) is 0 Å². The monoisotopic (exact) mass is 216 g/mol. The van der Waals surface area contributed by atoms with Gasteiger partial charge < -0.3 is 10.6 Å². The zero-order valence-corrected chi connectivity index (χ0v) is 9.49. The predicted octanol–water partition coefficient (Wildman–Crippen LogP) is 1.54. The molecule has 3 heteroatoms. The minimum Gasteiger partial charge on any atom is -0.324 e. The van der Waals surface area contributed by atoms with Gasteiger partial charge in [-0.25, -0.2) is 0 Å². The molecule has 0 aliphatic carbocycles. The quantitative estimate of drug-likeness (QED) is 0.774. The molecule has 0 spiro atoms. The number of rotatable bonds is 1. The molecule has 1 amide bonds. The number of nitrogens with zero attached hydrogens (tertiary/aromatic N) is 1. The van der Waals surface area contributed by atoms with Gasteiger partial charge in [0.15, 0.2) is 0 Å². The lowest BCUT2D eigenvalue weighted by atomic mass is 9.95. The second kappa shape index (κ2) is 3.32. The molecule has 0 aromatic heterocycles. The average molecular weight is 216 g/mol. The van der Waals surface area contributed by atoms with Gasteiger partial charge in [-0.3, -0.25) is 4.79 Å². The summed E-state index contributed by atoms with van der Waals surface area (Å²) in [7, 11) is 0. The molecule has 1 atom stereocenters. The van der Waals surface area contributed by atoms with Gasteiger partial charge >= 0.3 is 0 Å². The number of carbonyl (C=O) groups is 1. The molecule has 0 saturated carbocycles. The summed E-state index contributed by atoms with van der Waals surface area (Å²) in [6, 6.07) is 4.33. The zero-order chi connectivity index (χ0) is 11.3. The fourth-order valence-electron chi connectivity index (χ4n) is 2.77. The van der Waals surface area contributed by atoms with Crippen molar-refractivity contribution in [3.63, 3.8) is 0 Å².